The molecule has 0 bridgehead atoms. The van der Waals surface area contributed by atoms with E-state index in [-0.39, 0.29) is 12.2 Å². The molecule has 0 N–H and O–H groups in total. The average molecular weight is 197 g/mol. The molecule has 3 nitrogen and oxygen atoms in total. The van der Waals surface area contributed by atoms with Crippen LogP contribution in [0.2, 0.25) is 0 Å². The second-order valence-corrected chi connectivity index (χ2v) is 3.04. The Morgan fingerprint density at radius 3 is 2.64 bits per heavy atom. The van der Waals surface area contributed by atoms with Gasteiger partial charge in [0.2, 0.25) is 0 Å². The first-order chi connectivity index (χ1) is 6.59. The Morgan fingerprint density at radius 2 is 2.07 bits per heavy atom. The van der Waals surface area contributed by atoms with Crippen molar-refractivity contribution in [1.82, 2.24) is 5.06 Å². The summed E-state index contributed by atoms with van der Waals surface area (Å²) in [6, 6.07) is 6.14. The fourth-order valence-corrected chi connectivity index (χ4v) is 1.03. The highest BCUT2D eigenvalue weighted by molar-refractivity contribution is 5.72. The number of carbonyl (C=O) groups excluding carboxylic acids is 1. The molecule has 4 heteroatoms. The summed E-state index contributed by atoms with van der Waals surface area (Å²) in [7, 11) is 3.19. The van der Waals surface area contributed by atoms with E-state index in [0.29, 0.717) is 5.56 Å². The number of carbonyl (C=O) groups is 1. The molecule has 0 saturated carbocycles. The molecular weight excluding hydrogens is 185 g/mol. The largest absolute Gasteiger partial charge is 0.368 e. The zero-order chi connectivity index (χ0) is 10.6. The number of benzene rings is 1. The van der Waals surface area contributed by atoms with Gasteiger partial charge in [-0.25, -0.2) is 9.18 Å². The number of hydrogen-bond acceptors (Lipinski definition) is 3. The maximum Gasteiger partial charge on any atom is 0.329 e. The first kappa shape index (κ1) is 10.7. The molecule has 0 aliphatic rings. The molecule has 0 unspecified atom stereocenters. The predicted octanol–water partition coefficient (Wildman–Crippen LogP) is 1.39. The van der Waals surface area contributed by atoms with Gasteiger partial charge in [0, 0.05) is 14.1 Å². The summed E-state index contributed by atoms with van der Waals surface area (Å²) in [6.45, 7) is 0. The highest BCUT2D eigenvalue weighted by Gasteiger charge is 2.09. The van der Waals surface area contributed by atoms with Crippen LogP contribution in [0.4, 0.5) is 4.39 Å². The van der Waals surface area contributed by atoms with Crippen molar-refractivity contribution >= 4 is 5.97 Å². The SMILES string of the molecule is CN(C)OC(=O)Cc1ccccc1F. The zero-order valence-electron chi connectivity index (χ0n) is 8.16. The van der Waals surface area contributed by atoms with Gasteiger partial charge in [0.1, 0.15) is 5.82 Å². The zero-order valence-corrected chi connectivity index (χ0v) is 8.16. The van der Waals surface area contributed by atoms with Crippen molar-refractivity contribution in [3.63, 3.8) is 0 Å². The average Bonchev–Trinajstić information content (AvgIpc) is 2.07. The summed E-state index contributed by atoms with van der Waals surface area (Å²) in [5.41, 5.74) is 0.347. The van der Waals surface area contributed by atoms with E-state index in [1.165, 1.54) is 11.1 Å². The number of hydroxylamine groups is 2. The van der Waals surface area contributed by atoms with Crippen LogP contribution in [-0.2, 0) is 16.1 Å². The molecule has 0 fully saturated rings. The minimum Gasteiger partial charge on any atom is -0.368 e. The molecule has 0 amide bonds. The van der Waals surface area contributed by atoms with Crippen LogP contribution in [0.15, 0.2) is 24.3 Å². The van der Waals surface area contributed by atoms with Crippen molar-refractivity contribution in [1.29, 1.82) is 0 Å². The lowest BCUT2D eigenvalue weighted by atomic mass is 10.1. The maximum atomic E-state index is 13.1. The first-order valence-corrected chi connectivity index (χ1v) is 4.21. The summed E-state index contributed by atoms with van der Waals surface area (Å²) < 4.78 is 13.1. The van der Waals surface area contributed by atoms with Crippen LogP contribution in [0.25, 0.3) is 0 Å². The molecule has 0 aliphatic carbocycles. The lowest BCUT2D eigenvalue weighted by molar-refractivity contribution is -0.177. The molecule has 0 atom stereocenters. The van der Waals surface area contributed by atoms with Gasteiger partial charge in [-0.3, -0.25) is 0 Å². The molecule has 0 aliphatic heterocycles. The van der Waals surface area contributed by atoms with Gasteiger partial charge in [-0.05, 0) is 11.6 Å². The van der Waals surface area contributed by atoms with E-state index in [9.17, 15) is 9.18 Å². The van der Waals surface area contributed by atoms with Crippen molar-refractivity contribution < 1.29 is 14.0 Å². The molecule has 1 aromatic rings. The smallest absolute Gasteiger partial charge is 0.329 e. The topological polar surface area (TPSA) is 29.5 Å². The summed E-state index contributed by atoms with van der Waals surface area (Å²) in [6.07, 6.45) is -0.0507. The monoisotopic (exact) mass is 197 g/mol. The van der Waals surface area contributed by atoms with Crippen LogP contribution in [0.5, 0.6) is 0 Å². The van der Waals surface area contributed by atoms with Crippen molar-refractivity contribution in [3.8, 4) is 0 Å². The third kappa shape index (κ3) is 3.14. The van der Waals surface area contributed by atoms with Gasteiger partial charge in [0.25, 0.3) is 0 Å². The lowest BCUT2D eigenvalue weighted by Crippen LogP contribution is -2.20. The van der Waals surface area contributed by atoms with Gasteiger partial charge in [-0.15, -0.1) is 5.06 Å². The van der Waals surface area contributed by atoms with Gasteiger partial charge in [-0.2, -0.15) is 0 Å². The molecule has 0 heterocycles. The van der Waals surface area contributed by atoms with Crippen molar-refractivity contribution in [3.05, 3.63) is 35.6 Å². The van der Waals surface area contributed by atoms with Gasteiger partial charge in [-0.1, -0.05) is 18.2 Å². The lowest BCUT2D eigenvalue weighted by Gasteiger charge is -2.09. The van der Waals surface area contributed by atoms with Crippen LogP contribution in [0.3, 0.4) is 0 Å². The number of halogens is 1. The van der Waals surface area contributed by atoms with E-state index >= 15 is 0 Å². The van der Waals surface area contributed by atoms with Crippen LogP contribution in [0, 0.1) is 5.82 Å². The second kappa shape index (κ2) is 4.72. The molecule has 1 aromatic carbocycles. The Hall–Kier alpha value is -1.42. The van der Waals surface area contributed by atoms with Crippen LogP contribution in [0.1, 0.15) is 5.56 Å². The quantitative estimate of drug-likeness (QED) is 0.686. The van der Waals surface area contributed by atoms with E-state index in [0.717, 1.165) is 0 Å². The normalized spacial score (nSPS) is 10.3. The van der Waals surface area contributed by atoms with Crippen molar-refractivity contribution in [2.45, 2.75) is 6.42 Å². The number of rotatable bonds is 3. The Balaban J connectivity index is 2.61. The number of hydrogen-bond donors (Lipinski definition) is 0. The molecular formula is C10H12FNO2. The van der Waals surface area contributed by atoms with E-state index < -0.39 is 5.97 Å². The van der Waals surface area contributed by atoms with Crippen LogP contribution in [-0.4, -0.2) is 25.1 Å². The fourth-order valence-electron chi connectivity index (χ4n) is 1.03. The van der Waals surface area contributed by atoms with E-state index in [2.05, 4.69) is 0 Å². The molecule has 0 spiro atoms. The van der Waals surface area contributed by atoms with Gasteiger partial charge < -0.3 is 4.84 Å². The van der Waals surface area contributed by atoms with E-state index in [1.54, 1.807) is 32.3 Å². The van der Waals surface area contributed by atoms with Gasteiger partial charge in [0.15, 0.2) is 0 Å². The highest BCUT2D eigenvalue weighted by atomic mass is 19.1. The third-order valence-electron chi connectivity index (χ3n) is 1.58. The van der Waals surface area contributed by atoms with Crippen LogP contribution < -0.4 is 0 Å². The summed E-state index contributed by atoms with van der Waals surface area (Å²) in [4.78, 5) is 15.9. The molecule has 1 rings (SSSR count). The predicted molar refractivity (Wildman–Crippen MR) is 49.9 cm³/mol. The Labute approximate surface area is 82.0 Å². The summed E-state index contributed by atoms with van der Waals surface area (Å²) in [5, 5.41) is 1.28. The molecule has 0 radical (unpaired) electrons. The van der Waals surface area contributed by atoms with Gasteiger partial charge in [0.05, 0.1) is 6.42 Å². The van der Waals surface area contributed by atoms with Crippen molar-refractivity contribution in [2.24, 2.45) is 0 Å². The standard InChI is InChI=1S/C10H12FNO2/c1-12(2)14-10(13)7-8-5-3-4-6-9(8)11/h3-6H,7H2,1-2H3. The summed E-state index contributed by atoms with van der Waals surface area (Å²) in [5.74, 6) is -0.858. The Morgan fingerprint density at radius 1 is 1.43 bits per heavy atom. The van der Waals surface area contributed by atoms with E-state index in [4.69, 9.17) is 4.84 Å². The summed E-state index contributed by atoms with van der Waals surface area (Å²) >= 11 is 0. The number of nitrogens with zero attached hydrogens (tertiary/aromatic N) is 1. The minimum absolute atomic E-state index is 0.0507. The molecule has 76 valence electrons. The van der Waals surface area contributed by atoms with E-state index in [1.807, 2.05) is 0 Å². The molecule has 14 heavy (non-hydrogen) atoms. The van der Waals surface area contributed by atoms with Crippen molar-refractivity contribution in [2.75, 3.05) is 14.1 Å². The Bertz CT molecular complexity index is 326. The Kier molecular flexibility index (Phi) is 3.59. The maximum absolute atomic E-state index is 13.1. The first-order valence-electron chi connectivity index (χ1n) is 4.21. The molecule has 0 aromatic heterocycles. The van der Waals surface area contributed by atoms with Crippen LogP contribution >= 0.6 is 0 Å². The third-order valence-corrected chi connectivity index (χ3v) is 1.58. The molecule has 0 saturated heterocycles. The fraction of sp³-hybridized carbons (Fsp3) is 0.300. The second-order valence-electron chi connectivity index (χ2n) is 3.04. The van der Waals surface area contributed by atoms with Gasteiger partial charge >= 0.3 is 5.97 Å². The highest BCUT2D eigenvalue weighted by Crippen LogP contribution is 2.07. The minimum atomic E-state index is -0.472.